The zero-order valence-corrected chi connectivity index (χ0v) is 14.9. The molecule has 2 aliphatic heterocycles. The fourth-order valence-corrected chi connectivity index (χ4v) is 4.36. The topological polar surface area (TPSA) is 54.0 Å². The van der Waals surface area contributed by atoms with Gasteiger partial charge < -0.3 is 10.6 Å². The van der Waals surface area contributed by atoms with Gasteiger partial charge in [0, 0.05) is 29.4 Å². The molecule has 0 saturated heterocycles. The van der Waals surface area contributed by atoms with Crippen LogP contribution >= 0.6 is 0 Å². The molecule has 2 aromatic rings. The minimum absolute atomic E-state index is 0.0129. The summed E-state index contributed by atoms with van der Waals surface area (Å²) in [6.45, 7) is 6.26. The van der Waals surface area contributed by atoms with Crippen molar-refractivity contribution in [3.05, 3.63) is 71.1 Å². The normalized spacial score (nSPS) is 24.0. The number of aromatic nitrogens is 1. The number of fused-ring (bicyclic) bond motifs is 1. The maximum atomic E-state index is 13.2. The molecule has 0 unspecified atom stereocenters. The fourth-order valence-electron chi connectivity index (χ4n) is 4.36. The molecule has 1 aromatic heterocycles. The molecular formula is C21H23N3O. The van der Waals surface area contributed by atoms with Crippen molar-refractivity contribution in [2.45, 2.75) is 44.6 Å². The van der Waals surface area contributed by atoms with Gasteiger partial charge in [0.1, 0.15) is 5.82 Å². The Labute approximate surface area is 148 Å². The van der Waals surface area contributed by atoms with Crippen molar-refractivity contribution in [1.82, 2.24) is 10.3 Å². The standard InChI is InChI=1S/C21H23N3O/c1-4-21(14-9-6-5-7-10-14)15-11-8-12-22-18(15)23-16-13-20(2,3)24-19(25)17(16)21/h5-12H,4,13H2,1-3H3,(H,22,23)(H,24,25)/t21-/m0/s1. The van der Waals surface area contributed by atoms with Crippen LogP contribution in [0.1, 0.15) is 44.7 Å². The number of hydrogen-bond acceptors (Lipinski definition) is 3. The summed E-state index contributed by atoms with van der Waals surface area (Å²) in [5, 5.41) is 6.64. The molecule has 0 spiro atoms. The van der Waals surface area contributed by atoms with Crippen LogP contribution in [0.2, 0.25) is 0 Å². The molecule has 128 valence electrons. The Bertz CT molecular complexity index is 870. The van der Waals surface area contributed by atoms with Gasteiger partial charge in [-0.2, -0.15) is 0 Å². The Kier molecular flexibility index (Phi) is 3.46. The van der Waals surface area contributed by atoms with E-state index >= 15 is 0 Å². The molecule has 0 radical (unpaired) electrons. The summed E-state index contributed by atoms with van der Waals surface area (Å²) < 4.78 is 0. The summed E-state index contributed by atoms with van der Waals surface area (Å²) >= 11 is 0. The van der Waals surface area contributed by atoms with Gasteiger partial charge in [-0.25, -0.2) is 4.98 Å². The molecule has 0 fully saturated rings. The fraction of sp³-hybridized carbons (Fsp3) is 0.333. The molecule has 2 aliphatic rings. The third kappa shape index (κ3) is 2.28. The van der Waals surface area contributed by atoms with E-state index in [1.54, 1.807) is 6.20 Å². The Morgan fingerprint density at radius 3 is 2.60 bits per heavy atom. The molecule has 0 bridgehead atoms. The first-order valence-corrected chi connectivity index (χ1v) is 8.82. The molecule has 2 N–H and O–H groups in total. The van der Waals surface area contributed by atoms with E-state index in [2.05, 4.69) is 54.6 Å². The molecule has 3 heterocycles. The average Bonchev–Trinajstić information content (AvgIpc) is 2.59. The highest BCUT2D eigenvalue weighted by Gasteiger charge is 2.49. The SMILES string of the molecule is CC[C@@]1(c2ccccc2)C2=C(CC(C)(C)NC2=O)Nc2ncccc21. The van der Waals surface area contributed by atoms with E-state index in [0.717, 1.165) is 41.1 Å². The van der Waals surface area contributed by atoms with Gasteiger partial charge in [-0.3, -0.25) is 4.79 Å². The van der Waals surface area contributed by atoms with E-state index in [1.807, 2.05) is 24.3 Å². The summed E-state index contributed by atoms with van der Waals surface area (Å²) in [6, 6.07) is 14.3. The molecule has 25 heavy (non-hydrogen) atoms. The van der Waals surface area contributed by atoms with Crippen LogP contribution in [0.4, 0.5) is 5.82 Å². The smallest absolute Gasteiger partial charge is 0.250 e. The summed E-state index contributed by atoms with van der Waals surface area (Å²) in [5.41, 5.74) is 3.27. The molecule has 4 heteroatoms. The van der Waals surface area contributed by atoms with E-state index < -0.39 is 5.41 Å². The summed E-state index contributed by atoms with van der Waals surface area (Å²) in [7, 11) is 0. The molecule has 0 saturated carbocycles. The predicted molar refractivity (Wildman–Crippen MR) is 99.2 cm³/mol. The maximum Gasteiger partial charge on any atom is 0.250 e. The van der Waals surface area contributed by atoms with Crippen LogP contribution in [-0.2, 0) is 10.2 Å². The van der Waals surface area contributed by atoms with Crippen molar-refractivity contribution in [2.24, 2.45) is 0 Å². The number of benzene rings is 1. The van der Waals surface area contributed by atoms with Crippen LogP contribution in [-0.4, -0.2) is 16.4 Å². The van der Waals surface area contributed by atoms with Crippen molar-refractivity contribution in [3.63, 3.8) is 0 Å². The lowest BCUT2D eigenvalue weighted by molar-refractivity contribution is -0.120. The number of anilines is 1. The highest BCUT2D eigenvalue weighted by molar-refractivity contribution is 6.01. The van der Waals surface area contributed by atoms with Crippen LogP contribution in [0.25, 0.3) is 0 Å². The Morgan fingerprint density at radius 2 is 1.88 bits per heavy atom. The summed E-state index contributed by atoms with van der Waals surface area (Å²) in [4.78, 5) is 17.7. The minimum atomic E-state index is -0.480. The van der Waals surface area contributed by atoms with Gasteiger partial charge in [0.15, 0.2) is 0 Å². The zero-order valence-electron chi connectivity index (χ0n) is 14.9. The van der Waals surface area contributed by atoms with Gasteiger partial charge in [-0.15, -0.1) is 0 Å². The molecule has 1 amide bonds. The van der Waals surface area contributed by atoms with Crippen molar-refractivity contribution in [1.29, 1.82) is 0 Å². The van der Waals surface area contributed by atoms with Gasteiger partial charge in [0.25, 0.3) is 5.91 Å². The molecule has 4 rings (SSSR count). The largest absolute Gasteiger partial charge is 0.347 e. The van der Waals surface area contributed by atoms with Crippen molar-refractivity contribution >= 4 is 11.7 Å². The second kappa shape index (κ2) is 5.45. The van der Waals surface area contributed by atoms with Crippen molar-refractivity contribution in [3.8, 4) is 0 Å². The van der Waals surface area contributed by atoms with E-state index in [-0.39, 0.29) is 11.4 Å². The minimum Gasteiger partial charge on any atom is -0.347 e. The molecular weight excluding hydrogens is 310 g/mol. The second-order valence-corrected chi connectivity index (χ2v) is 7.52. The number of carbonyl (C=O) groups excluding carboxylic acids is 1. The average molecular weight is 333 g/mol. The highest BCUT2D eigenvalue weighted by atomic mass is 16.2. The van der Waals surface area contributed by atoms with Gasteiger partial charge >= 0.3 is 0 Å². The lowest BCUT2D eigenvalue weighted by Crippen LogP contribution is -2.54. The lowest BCUT2D eigenvalue weighted by atomic mass is 9.63. The molecule has 1 atom stereocenters. The monoisotopic (exact) mass is 333 g/mol. The second-order valence-electron chi connectivity index (χ2n) is 7.52. The lowest BCUT2D eigenvalue weighted by Gasteiger charge is -2.46. The predicted octanol–water partition coefficient (Wildman–Crippen LogP) is 3.76. The first kappa shape index (κ1) is 15.9. The molecule has 0 aliphatic carbocycles. The van der Waals surface area contributed by atoms with Gasteiger partial charge in [-0.1, -0.05) is 43.3 Å². The number of pyridine rings is 1. The van der Waals surface area contributed by atoms with E-state index in [1.165, 1.54) is 0 Å². The third-order valence-corrected chi connectivity index (χ3v) is 5.36. The van der Waals surface area contributed by atoms with E-state index in [9.17, 15) is 4.79 Å². The first-order valence-electron chi connectivity index (χ1n) is 8.82. The van der Waals surface area contributed by atoms with Crippen molar-refractivity contribution < 1.29 is 4.79 Å². The Balaban J connectivity index is 2.05. The highest BCUT2D eigenvalue weighted by Crippen LogP contribution is 2.50. The van der Waals surface area contributed by atoms with Gasteiger partial charge in [0.2, 0.25) is 0 Å². The summed E-state index contributed by atoms with van der Waals surface area (Å²) in [5.74, 6) is 0.872. The zero-order chi connectivity index (χ0) is 17.7. The quantitative estimate of drug-likeness (QED) is 0.880. The first-order chi connectivity index (χ1) is 12.0. The van der Waals surface area contributed by atoms with E-state index in [0.29, 0.717) is 0 Å². The number of nitrogens with one attached hydrogen (secondary N) is 2. The number of hydrogen-bond donors (Lipinski definition) is 2. The molecule has 1 aromatic carbocycles. The number of nitrogens with zero attached hydrogens (tertiary/aromatic N) is 1. The van der Waals surface area contributed by atoms with E-state index in [4.69, 9.17) is 0 Å². The third-order valence-electron chi connectivity index (χ3n) is 5.36. The van der Waals surface area contributed by atoms with Crippen LogP contribution < -0.4 is 10.6 Å². The molecule has 4 nitrogen and oxygen atoms in total. The Hall–Kier alpha value is -2.62. The van der Waals surface area contributed by atoms with Crippen molar-refractivity contribution in [2.75, 3.05) is 5.32 Å². The van der Waals surface area contributed by atoms with Crippen LogP contribution in [0, 0.1) is 0 Å². The van der Waals surface area contributed by atoms with Gasteiger partial charge in [0.05, 0.1) is 11.0 Å². The van der Waals surface area contributed by atoms with Crippen LogP contribution in [0.3, 0.4) is 0 Å². The Morgan fingerprint density at radius 1 is 1.12 bits per heavy atom. The number of carbonyl (C=O) groups is 1. The summed E-state index contributed by atoms with van der Waals surface area (Å²) in [6.07, 6.45) is 3.36. The van der Waals surface area contributed by atoms with Gasteiger partial charge in [-0.05, 0) is 31.9 Å². The van der Waals surface area contributed by atoms with Crippen LogP contribution in [0.15, 0.2) is 59.9 Å². The van der Waals surface area contributed by atoms with Crippen LogP contribution in [0.5, 0.6) is 0 Å². The number of rotatable bonds is 2. The maximum absolute atomic E-state index is 13.2. The number of amides is 1.